The average molecular weight is 299 g/mol. The number of carbonyl (C=O) groups excluding carboxylic acids is 1. The summed E-state index contributed by atoms with van der Waals surface area (Å²) in [5.74, 6) is -1.09. The van der Waals surface area contributed by atoms with Crippen LogP contribution < -0.4 is 4.90 Å². The number of hydrogen-bond acceptors (Lipinski definition) is 3. The molecule has 22 heavy (non-hydrogen) atoms. The van der Waals surface area contributed by atoms with Gasteiger partial charge >= 0.3 is 5.97 Å². The Kier molecular flexibility index (Phi) is 3.44. The maximum absolute atomic E-state index is 12.9. The molecule has 0 bridgehead atoms. The number of aryl methyl sites for hydroxylation is 1. The van der Waals surface area contributed by atoms with E-state index in [1.807, 2.05) is 24.3 Å². The smallest absolute Gasteiger partial charge is 0.339 e. The fraction of sp³-hybridized carbons (Fsp3) is 0.312. The van der Waals surface area contributed by atoms with Gasteiger partial charge in [0, 0.05) is 19.3 Å². The number of benzene rings is 1. The van der Waals surface area contributed by atoms with Gasteiger partial charge in [-0.1, -0.05) is 25.1 Å². The second-order valence-corrected chi connectivity index (χ2v) is 5.54. The van der Waals surface area contributed by atoms with E-state index in [0.29, 0.717) is 12.5 Å². The zero-order valence-electron chi connectivity index (χ0n) is 12.5. The van der Waals surface area contributed by atoms with Crippen molar-refractivity contribution in [1.29, 1.82) is 0 Å². The summed E-state index contributed by atoms with van der Waals surface area (Å²) < 4.78 is 1.33. The zero-order chi connectivity index (χ0) is 15.9. The molecule has 6 heteroatoms. The number of carboxylic acids is 1. The fourth-order valence-electron chi connectivity index (χ4n) is 2.94. The number of nitrogens with zero attached hydrogens (tertiary/aromatic N) is 3. The molecule has 1 amide bonds. The van der Waals surface area contributed by atoms with Gasteiger partial charge in [-0.05, 0) is 24.0 Å². The Morgan fingerprint density at radius 2 is 2.05 bits per heavy atom. The van der Waals surface area contributed by atoms with Crippen LogP contribution in [0.25, 0.3) is 0 Å². The molecule has 0 aliphatic carbocycles. The summed E-state index contributed by atoms with van der Waals surface area (Å²) in [5, 5.41) is 13.2. The van der Waals surface area contributed by atoms with Crippen LogP contribution in [0, 0.1) is 0 Å². The predicted octanol–water partition coefficient (Wildman–Crippen LogP) is 2.27. The third kappa shape index (κ3) is 2.16. The maximum Gasteiger partial charge on any atom is 0.339 e. The van der Waals surface area contributed by atoms with E-state index in [1.165, 1.54) is 10.9 Å². The number of aromatic nitrogens is 2. The molecular formula is C16H17N3O3. The van der Waals surface area contributed by atoms with E-state index in [1.54, 1.807) is 11.9 Å². The van der Waals surface area contributed by atoms with Crippen molar-refractivity contribution < 1.29 is 14.7 Å². The minimum atomic E-state index is -1.14. The van der Waals surface area contributed by atoms with Crippen molar-refractivity contribution in [2.45, 2.75) is 19.3 Å². The molecule has 1 aromatic heterocycles. The van der Waals surface area contributed by atoms with Gasteiger partial charge in [-0.25, -0.2) is 4.79 Å². The van der Waals surface area contributed by atoms with Crippen molar-refractivity contribution in [3.8, 4) is 0 Å². The lowest BCUT2D eigenvalue weighted by atomic mass is 9.91. The van der Waals surface area contributed by atoms with Gasteiger partial charge in [-0.2, -0.15) is 5.10 Å². The number of amides is 1. The van der Waals surface area contributed by atoms with Crippen molar-refractivity contribution in [1.82, 2.24) is 9.78 Å². The predicted molar refractivity (Wildman–Crippen MR) is 81.3 cm³/mol. The molecule has 0 radical (unpaired) electrons. The molecule has 3 rings (SSSR count). The molecule has 1 aliphatic heterocycles. The number of hydrogen-bond donors (Lipinski definition) is 1. The van der Waals surface area contributed by atoms with Crippen molar-refractivity contribution in [2.75, 3.05) is 11.4 Å². The second-order valence-electron chi connectivity index (χ2n) is 5.54. The SMILES string of the molecule is CC1CCN(C(=O)c2c(C(=O)O)cnn2C)c2ccccc21. The first kappa shape index (κ1) is 14.3. The van der Waals surface area contributed by atoms with E-state index in [4.69, 9.17) is 0 Å². The number of rotatable bonds is 2. The molecular weight excluding hydrogens is 282 g/mol. The highest BCUT2D eigenvalue weighted by Gasteiger charge is 2.31. The van der Waals surface area contributed by atoms with Gasteiger partial charge in [0.25, 0.3) is 5.91 Å². The fourth-order valence-corrected chi connectivity index (χ4v) is 2.94. The lowest BCUT2D eigenvalue weighted by molar-refractivity contribution is 0.0691. The van der Waals surface area contributed by atoms with E-state index >= 15 is 0 Å². The highest BCUT2D eigenvalue weighted by molar-refractivity contribution is 6.11. The number of anilines is 1. The van der Waals surface area contributed by atoms with E-state index in [2.05, 4.69) is 12.0 Å². The van der Waals surface area contributed by atoms with Gasteiger partial charge in [0.1, 0.15) is 11.3 Å². The van der Waals surface area contributed by atoms with Gasteiger partial charge in [0.05, 0.1) is 6.20 Å². The summed E-state index contributed by atoms with van der Waals surface area (Å²) in [6.07, 6.45) is 2.07. The molecule has 0 fully saturated rings. The van der Waals surface area contributed by atoms with Crippen molar-refractivity contribution in [3.63, 3.8) is 0 Å². The van der Waals surface area contributed by atoms with Gasteiger partial charge in [-0.3, -0.25) is 9.48 Å². The van der Waals surface area contributed by atoms with Crippen molar-refractivity contribution in [2.24, 2.45) is 7.05 Å². The summed E-state index contributed by atoms with van der Waals surface area (Å²) in [6, 6.07) is 7.76. The van der Waals surface area contributed by atoms with Gasteiger partial charge in [-0.15, -0.1) is 0 Å². The third-order valence-corrected chi connectivity index (χ3v) is 4.16. The number of carbonyl (C=O) groups is 2. The molecule has 0 saturated heterocycles. The molecule has 1 aliphatic rings. The second kappa shape index (κ2) is 5.29. The molecule has 114 valence electrons. The van der Waals surface area contributed by atoms with Crippen molar-refractivity contribution in [3.05, 3.63) is 47.3 Å². The highest BCUT2D eigenvalue weighted by Crippen LogP contribution is 2.35. The first-order chi connectivity index (χ1) is 10.5. The summed E-state index contributed by atoms with van der Waals surface area (Å²) >= 11 is 0. The molecule has 0 spiro atoms. The third-order valence-electron chi connectivity index (χ3n) is 4.16. The Morgan fingerprint density at radius 1 is 1.32 bits per heavy atom. The summed E-state index contributed by atoms with van der Waals surface area (Å²) in [4.78, 5) is 25.8. The Labute approximate surface area is 128 Å². The van der Waals surface area contributed by atoms with Crippen LogP contribution in [0.4, 0.5) is 5.69 Å². The summed E-state index contributed by atoms with van der Waals surface area (Å²) in [7, 11) is 1.58. The quantitative estimate of drug-likeness (QED) is 0.923. The van der Waals surface area contributed by atoms with Gasteiger partial charge in [0.2, 0.25) is 0 Å². The van der Waals surface area contributed by atoms with E-state index in [0.717, 1.165) is 17.7 Å². The van der Waals surface area contributed by atoms with E-state index < -0.39 is 5.97 Å². The first-order valence-corrected chi connectivity index (χ1v) is 7.16. The van der Waals surface area contributed by atoms with Crippen molar-refractivity contribution >= 4 is 17.6 Å². The molecule has 1 unspecified atom stereocenters. The van der Waals surface area contributed by atoms with Crippen LogP contribution in [0.5, 0.6) is 0 Å². The highest BCUT2D eigenvalue weighted by atomic mass is 16.4. The van der Waals surface area contributed by atoms with Crippen LogP contribution in [0.3, 0.4) is 0 Å². The average Bonchev–Trinajstić information content (AvgIpc) is 2.89. The van der Waals surface area contributed by atoms with Gasteiger partial charge in [0.15, 0.2) is 0 Å². The molecule has 2 heterocycles. The topological polar surface area (TPSA) is 75.4 Å². The van der Waals surface area contributed by atoms with Crippen LogP contribution in [0.2, 0.25) is 0 Å². The van der Waals surface area contributed by atoms with Crippen LogP contribution in [-0.4, -0.2) is 33.3 Å². The van der Waals surface area contributed by atoms with Crippen LogP contribution in [0.15, 0.2) is 30.5 Å². The molecule has 2 aromatic rings. The lowest BCUT2D eigenvalue weighted by Crippen LogP contribution is -2.38. The normalized spacial score (nSPS) is 17.2. The largest absolute Gasteiger partial charge is 0.478 e. The number of aromatic carboxylic acids is 1. The van der Waals surface area contributed by atoms with E-state index in [-0.39, 0.29) is 17.2 Å². The number of carboxylic acid groups (broad SMARTS) is 1. The molecule has 1 N–H and O–H groups in total. The molecule has 1 aromatic carbocycles. The monoisotopic (exact) mass is 299 g/mol. The number of para-hydroxylation sites is 1. The summed E-state index contributed by atoms with van der Waals surface area (Å²) in [6.45, 7) is 2.70. The molecule has 1 atom stereocenters. The Bertz CT molecular complexity index is 751. The molecule has 0 saturated carbocycles. The standard InChI is InChI=1S/C16H17N3O3/c1-10-7-8-19(13-6-4-3-5-11(10)13)15(20)14-12(16(21)22)9-17-18(14)2/h3-6,9-10H,7-8H2,1-2H3,(H,21,22). The van der Waals surface area contributed by atoms with E-state index in [9.17, 15) is 14.7 Å². The van der Waals surface area contributed by atoms with Gasteiger partial charge < -0.3 is 10.0 Å². The Balaban J connectivity index is 2.06. The summed E-state index contributed by atoms with van der Waals surface area (Å²) in [5.41, 5.74) is 2.00. The minimum absolute atomic E-state index is 0.0661. The molecule has 6 nitrogen and oxygen atoms in total. The number of fused-ring (bicyclic) bond motifs is 1. The van der Waals surface area contributed by atoms with Crippen LogP contribution >= 0.6 is 0 Å². The van der Waals surface area contributed by atoms with Crippen LogP contribution in [-0.2, 0) is 7.05 Å². The first-order valence-electron chi connectivity index (χ1n) is 7.16. The Hall–Kier alpha value is -2.63. The lowest BCUT2D eigenvalue weighted by Gasteiger charge is -2.33. The maximum atomic E-state index is 12.9. The Morgan fingerprint density at radius 3 is 2.77 bits per heavy atom. The minimum Gasteiger partial charge on any atom is -0.478 e. The zero-order valence-corrected chi connectivity index (χ0v) is 12.5. The van der Waals surface area contributed by atoms with Crippen LogP contribution in [0.1, 0.15) is 45.7 Å².